The Balaban J connectivity index is 1.69. The van der Waals surface area contributed by atoms with Crippen molar-refractivity contribution in [1.82, 2.24) is 20.0 Å². The van der Waals surface area contributed by atoms with E-state index in [0.29, 0.717) is 18.5 Å². The Morgan fingerprint density at radius 1 is 1.32 bits per heavy atom. The monoisotopic (exact) mass is 262 g/mol. The van der Waals surface area contributed by atoms with E-state index in [1.165, 1.54) is 24.1 Å². The minimum absolute atomic E-state index is 0.267. The average Bonchev–Trinajstić information content (AvgIpc) is 2.77. The highest BCUT2D eigenvalue weighted by atomic mass is 16.2. The second-order valence-electron chi connectivity index (χ2n) is 5.79. The number of carbonyl (C=O) groups is 1. The maximum atomic E-state index is 11.5. The third-order valence-corrected chi connectivity index (χ3v) is 4.44. The smallest absolute Gasteiger partial charge is 0.222 e. The lowest BCUT2D eigenvalue weighted by atomic mass is 9.91. The van der Waals surface area contributed by atoms with Crippen molar-refractivity contribution in [3.63, 3.8) is 0 Å². The van der Waals surface area contributed by atoms with Gasteiger partial charge in [-0.05, 0) is 25.7 Å². The number of aryl methyl sites for hydroxylation is 1. The second-order valence-corrected chi connectivity index (χ2v) is 5.79. The van der Waals surface area contributed by atoms with Crippen LogP contribution in [0.3, 0.4) is 0 Å². The molecule has 0 spiro atoms. The Morgan fingerprint density at radius 2 is 2.16 bits per heavy atom. The van der Waals surface area contributed by atoms with Crippen molar-refractivity contribution < 1.29 is 4.79 Å². The van der Waals surface area contributed by atoms with Gasteiger partial charge in [-0.3, -0.25) is 9.48 Å². The molecule has 0 radical (unpaired) electrons. The van der Waals surface area contributed by atoms with Gasteiger partial charge in [0.15, 0.2) is 0 Å². The molecule has 19 heavy (non-hydrogen) atoms. The molecule has 0 aromatic carbocycles. The number of hydrogen-bond donors (Lipinski definition) is 1. The van der Waals surface area contributed by atoms with Crippen LogP contribution in [0.15, 0.2) is 6.20 Å². The summed E-state index contributed by atoms with van der Waals surface area (Å²) in [5.41, 5.74) is 2.72. The van der Waals surface area contributed by atoms with Gasteiger partial charge in [-0.25, -0.2) is 0 Å². The molecule has 1 aromatic rings. The van der Waals surface area contributed by atoms with Crippen molar-refractivity contribution in [3.8, 4) is 0 Å². The molecule has 1 aliphatic heterocycles. The minimum Gasteiger partial charge on any atom is -0.344 e. The SMILES string of the molecule is CN1CC(NC2CCCc3c2cnn3C)CCC1=O. The second kappa shape index (κ2) is 4.96. The van der Waals surface area contributed by atoms with Crippen molar-refractivity contribution in [2.75, 3.05) is 13.6 Å². The van der Waals surface area contributed by atoms with Crippen LogP contribution in [0.5, 0.6) is 0 Å². The van der Waals surface area contributed by atoms with Gasteiger partial charge in [0, 0.05) is 50.4 Å². The quantitative estimate of drug-likeness (QED) is 0.865. The zero-order chi connectivity index (χ0) is 13.4. The molecule has 5 nitrogen and oxygen atoms in total. The summed E-state index contributed by atoms with van der Waals surface area (Å²) < 4.78 is 2.00. The molecule has 5 heteroatoms. The summed E-state index contributed by atoms with van der Waals surface area (Å²) >= 11 is 0. The molecule has 1 fully saturated rings. The van der Waals surface area contributed by atoms with Crippen molar-refractivity contribution in [3.05, 3.63) is 17.5 Å². The molecule has 0 bridgehead atoms. The first-order valence-electron chi connectivity index (χ1n) is 7.16. The number of nitrogens with one attached hydrogen (secondary N) is 1. The summed E-state index contributed by atoms with van der Waals surface area (Å²) in [5.74, 6) is 0.267. The Morgan fingerprint density at radius 3 is 2.95 bits per heavy atom. The molecule has 3 rings (SSSR count). The molecule has 2 unspecified atom stereocenters. The van der Waals surface area contributed by atoms with Gasteiger partial charge in [-0.1, -0.05) is 0 Å². The number of amides is 1. The van der Waals surface area contributed by atoms with Crippen LogP contribution in [-0.4, -0.2) is 40.2 Å². The highest BCUT2D eigenvalue weighted by Crippen LogP contribution is 2.30. The number of piperidine rings is 1. The van der Waals surface area contributed by atoms with Crippen LogP contribution in [0, 0.1) is 0 Å². The first-order chi connectivity index (χ1) is 9.15. The number of fused-ring (bicyclic) bond motifs is 1. The maximum Gasteiger partial charge on any atom is 0.222 e. The van der Waals surface area contributed by atoms with E-state index in [9.17, 15) is 4.79 Å². The summed E-state index contributed by atoms with van der Waals surface area (Å²) in [7, 11) is 3.92. The number of carbonyl (C=O) groups excluding carboxylic acids is 1. The van der Waals surface area contributed by atoms with Crippen molar-refractivity contribution >= 4 is 5.91 Å². The Bertz CT molecular complexity index is 482. The number of likely N-dealkylation sites (tertiary alicyclic amines) is 1. The summed E-state index contributed by atoms with van der Waals surface area (Å²) in [6.07, 6.45) is 7.14. The van der Waals surface area contributed by atoms with E-state index in [0.717, 1.165) is 19.4 Å². The number of rotatable bonds is 2. The van der Waals surface area contributed by atoms with Crippen molar-refractivity contribution in [2.24, 2.45) is 7.05 Å². The van der Waals surface area contributed by atoms with Crippen LogP contribution in [0.4, 0.5) is 0 Å². The summed E-state index contributed by atoms with van der Waals surface area (Å²) in [5, 5.41) is 8.11. The first kappa shape index (κ1) is 12.7. The molecule has 2 heterocycles. The van der Waals surface area contributed by atoms with E-state index in [1.807, 2.05) is 29.9 Å². The fraction of sp³-hybridized carbons (Fsp3) is 0.714. The van der Waals surface area contributed by atoms with Crippen LogP contribution >= 0.6 is 0 Å². The van der Waals surface area contributed by atoms with Crippen LogP contribution in [0.1, 0.15) is 43.0 Å². The van der Waals surface area contributed by atoms with Gasteiger partial charge < -0.3 is 10.2 Å². The van der Waals surface area contributed by atoms with E-state index >= 15 is 0 Å². The van der Waals surface area contributed by atoms with E-state index in [-0.39, 0.29) is 5.91 Å². The van der Waals surface area contributed by atoms with E-state index in [4.69, 9.17) is 0 Å². The van der Waals surface area contributed by atoms with E-state index < -0.39 is 0 Å². The number of likely N-dealkylation sites (N-methyl/N-ethyl adjacent to an activating group) is 1. The predicted molar refractivity (Wildman–Crippen MR) is 72.7 cm³/mol. The molecular formula is C14H22N4O. The lowest BCUT2D eigenvalue weighted by Crippen LogP contribution is -2.48. The van der Waals surface area contributed by atoms with E-state index in [2.05, 4.69) is 10.4 Å². The van der Waals surface area contributed by atoms with Gasteiger partial charge in [0.25, 0.3) is 0 Å². The molecule has 1 aromatic heterocycles. The molecule has 2 atom stereocenters. The van der Waals surface area contributed by atoms with Crippen LogP contribution < -0.4 is 5.32 Å². The van der Waals surface area contributed by atoms with Gasteiger partial charge in [0.1, 0.15) is 0 Å². The van der Waals surface area contributed by atoms with Gasteiger partial charge in [-0.2, -0.15) is 5.10 Å². The third kappa shape index (κ3) is 2.39. The largest absolute Gasteiger partial charge is 0.344 e. The molecule has 1 aliphatic carbocycles. The molecule has 1 saturated heterocycles. The highest BCUT2D eigenvalue weighted by molar-refractivity contribution is 5.76. The Labute approximate surface area is 114 Å². The molecule has 0 saturated carbocycles. The lowest BCUT2D eigenvalue weighted by molar-refractivity contribution is -0.132. The zero-order valence-electron chi connectivity index (χ0n) is 11.7. The predicted octanol–water partition coefficient (Wildman–Crippen LogP) is 1.01. The van der Waals surface area contributed by atoms with Crippen LogP contribution in [0.2, 0.25) is 0 Å². The van der Waals surface area contributed by atoms with Crippen molar-refractivity contribution in [2.45, 2.75) is 44.2 Å². The summed E-state index contributed by atoms with van der Waals surface area (Å²) in [6.45, 7) is 0.824. The first-order valence-corrected chi connectivity index (χ1v) is 7.16. The maximum absolute atomic E-state index is 11.5. The van der Waals surface area contributed by atoms with Gasteiger partial charge >= 0.3 is 0 Å². The Kier molecular flexibility index (Phi) is 3.31. The zero-order valence-corrected chi connectivity index (χ0v) is 11.7. The average molecular weight is 262 g/mol. The molecule has 2 aliphatic rings. The highest BCUT2D eigenvalue weighted by Gasteiger charge is 2.28. The minimum atomic E-state index is 0.267. The fourth-order valence-electron chi connectivity index (χ4n) is 3.31. The Hall–Kier alpha value is -1.36. The fourth-order valence-corrected chi connectivity index (χ4v) is 3.31. The van der Waals surface area contributed by atoms with Crippen LogP contribution in [-0.2, 0) is 18.3 Å². The normalized spacial score (nSPS) is 27.5. The number of hydrogen-bond acceptors (Lipinski definition) is 3. The number of aromatic nitrogens is 2. The topological polar surface area (TPSA) is 50.2 Å². The standard InChI is InChI=1S/C14H22N4O/c1-17-9-10(6-7-14(17)19)16-12-4-3-5-13-11(12)8-15-18(13)2/h8,10,12,16H,3-7,9H2,1-2H3. The third-order valence-electron chi connectivity index (χ3n) is 4.44. The summed E-state index contributed by atoms with van der Waals surface area (Å²) in [6, 6.07) is 0.822. The van der Waals surface area contributed by atoms with Crippen LogP contribution in [0.25, 0.3) is 0 Å². The molecule has 1 amide bonds. The van der Waals surface area contributed by atoms with Gasteiger partial charge in [0.05, 0.1) is 6.20 Å². The van der Waals surface area contributed by atoms with Gasteiger partial charge in [0.2, 0.25) is 5.91 Å². The van der Waals surface area contributed by atoms with Gasteiger partial charge in [-0.15, -0.1) is 0 Å². The molecular weight excluding hydrogens is 240 g/mol. The van der Waals surface area contributed by atoms with Crippen molar-refractivity contribution in [1.29, 1.82) is 0 Å². The number of nitrogens with zero attached hydrogens (tertiary/aromatic N) is 3. The molecule has 104 valence electrons. The summed E-state index contributed by atoms with van der Waals surface area (Å²) in [4.78, 5) is 13.4. The lowest BCUT2D eigenvalue weighted by Gasteiger charge is -2.34. The molecule has 1 N–H and O–H groups in total. The van der Waals surface area contributed by atoms with E-state index in [1.54, 1.807) is 0 Å².